The summed E-state index contributed by atoms with van der Waals surface area (Å²) in [4.78, 5) is 12.4. The second kappa shape index (κ2) is 11.0. The molecule has 2 aromatic heterocycles. The summed E-state index contributed by atoms with van der Waals surface area (Å²) < 4.78 is 0. The van der Waals surface area contributed by atoms with Crippen molar-refractivity contribution in [2.24, 2.45) is 0 Å². The van der Waals surface area contributed by atoms with Gasteiger partial charge in [0.15, 0.2) is 11.6 Å². The van der Waals surface area contributed by atoms with Crippen LogP contribution in [0.4, 0.5) is 11.6 Å². The van der Waals surface area contributed by atoms with Crippen molar-refractivity contribution in [2.75, 3.05) is 62.2 Å². The average molecular weight is 547 g/mol. The molecule has 0 amide bonds. The van der Waals surface area contributed by atoms with Gasteiger partial charge in [-0.25, -0.2) is 0 Å². The second-order valence-electron chi connectivity index (χ2n) is 10.6. The Hall–Kier alpha value is -2.40. The zero-order chi connectivity index (χ0) is 25.3. The molecular weight excluding hydrogens is 512 g/mol. The maximum Gasteiger partial charge on any atom is 0.151 e. The zero-order valence-electron chi connectivity index (χ0n) is 21.7. The third-order valence-corrected chi connectivity index (χ3v) is 10.6. The van der Waals surface area contributed by atoms with Gasteiger partial charge in [-0.05, 0) is 62.1 Å². The van der Waals surface area contributed by atoms with Crippen LogP contribution in [0.3, 0.4) is 0 Å². The fourth-order valence-corrected chi connectivity index (χ4v) is 8.03. The largest absolute Gasteiger partial charge is 0.351 e. The van der Waals surface area contributed by atoms with Crippen LogP contribution in [0.2, 0.25) is 0 Å². The van der Waals surface area contributed by atoms with Crippen molar-refractivity contribution < 1.29 is 0 Å². The SMILES string of the molecule is c1ccc(Sc2ccc(N3CCN4CCC3CC4)nn2)c(Sc2ccc(N3CCN4CCC3CC4)nn2)c1. The monoisotopic (exact) mass is 546 g/mol. The fraction of sp³-hybridized carbons (Fsp3) is 0.500. The molecular formula is C28H34N8S2. The van der Waals surface area contributed by atoms with Gasteiger partial charge in [-0.3, -0.25) is 0 Å². The Bertz CT molecular complexity index is 1130. The van der Waals surface area contributed by atoms with Crippen LogP contribution in [0, 0.1) is 0 Å². The van der Waals surface area contributed by atoms with E-state index in [0.717, 1.165) is 57.7 Å². The molecule has 0 atom stereocenters. The van der Waals surface area contributed by atoms with Gasteiger partial charge in [0.2, 0.25) is 0 Å². The minimum Gasteiger partial charge on any atom is -0.351 e. The van der Waals surface area contributed by atoms with Gasteiger partial charge in [-0.2, -0.15) is 0 Å². The van der Waals surface area contributed by atoms with E-state index < -0.39 is 0 Å². The van der Waals surface area contributed by atoms with E-state index in [1.165, 1.54) is 51.9 Å². The standard InChI is InChI=1S/C28H34N8S2/c1-2-4-24(38-28-8-6-26(30-32-28)36-20-18-34-15-11-22(36)12-16-34)23(3-1)37-27-7-5-25(29-31-27)35-19-17-33-13-9-21(35)10-14-33/h1-8,21-22H,9-20H2. The van der Waals surface area contributed by atoms with Crippen LogP contribution in [0.15, 0.2) is 68.4 Å². The first-order valence-electron chi connectivity index (χ1n) is 13.9. The Morgan fingerprint density at radius 2 is 0.947 bits per heavy atom. The molecule has 0 radical (unpaired) electrons. The molecule has 6 fully saturated rings. The predicted molar refractivity (Wildman–Crippen MR) is 152 cm³/mol. The zero-order valence-corrected chi connectivity index (χ0v) is 23.3. The van der Waals surface area contributed by atoms with Gasteiger partial charge in [0.25, 0.3) is 0 Å². The smallest absolute Gasteiger partial charge is 0.151 e. The minimum atomic E-state index is 0.596. The molecule has 0 N–H and O–H groups in total. The molecule has 38 heavy (non-hydrogen) atoms. The van der Waals surface area contributed by atoms with E-state index in [9.17, 15) is 0 Å². The summed E-state index contributed by atoms with van der Waals surface area (Å²) in [5.41, 5.74) is 0. The van der Waals surface area contributed by atoms with E-state index in [1.54, 1.807) is 23.5 Å². The van der Waals surface area contributed by atoms with Gasteiger partial charge >= 0.3 is 0 Å². The summed E-state index contributed by atoms with van der Waals surface area (Å²) in [6, 6.07) is 18.2. The first kappa shape index (κ1) is 24.6. The van der Waals surface area contributed by atoms with Gasteiger partial charge in [0.05, 0.1) is 0 Å². The van der Waals surface area contributed by atoms with E-state index >= 15 is 0 Å². The molecule has 4 bridgehead atoms. The van der Waals surface area contributed by atoms with Crippen molar-refractivity contribution in [1.82, 2.24) is 30.2 Å². The summed E-state index contributed by atoms with van der Waals surface area (Å²) in [5.74, 6) is 2.02. The molecule has 0 spiro atoms. The quantitative estimate of drug-likeness (QED) is 0.451. The normalized spacial score (nSPS) is 26.8. The van der Waals surface area contributed by atoms with E-state index in [4.69, 9.17) is 0 Å². The molecule has 6 aliphatic rings. The molecule has 3 aromatic rings. The summed E-state index contributed by atoms with van der Waals surface area (Å²) in [5, 5.41) is 20.3. The number of fused-ring (bicyclic) bond motifs is 8. The maximum atomic E-state index is 4.65. The third kappa shape index (κ3) is 5.23. The highest BCUT2D eigenvalue weighted by Gasteiger charge is 2.31. The van der Waals surface area contributed by atoms with Crippen LogP contribution in [0.1, 0.15) is 25.7 Å². The predicted octanol–water partition coefficient (Wildman–Crippen LogP) is 4.14. The maximum absolute atomic E-state index is 4.65. The molecule has 1 aromatic carbocycles. The van der Waals surface area contributed by atoms with Gasteiger partial charge in [0.1, 0.15) is 10.1 Å². The molecule has 0 aliphatic carbocycles. The highest BCUT2D eigenvalue weighted by atomic mass is 32.2. The molecule has 198 valence electrons. The Balaban J connectivity index is 1.03. The lowest BCUT2D eigenvalue weighted by Crippen LogP contribution is -2.38. The van der Waals surface area contributed by atoms with Crippen molar-refractivity contribution in [3.8, 4) is 0 Å². The van der Waals surface area contributed by atoms with Gasteiger partial charge in [-0.1, -0.05) is 35.7 Å². The number of nitrogens with zero attached hydrogens (tertiary/aromatic N) is 8. The van der Waals surface area contributed by atoms with Crippen LogP contribution in [-0.4, -0.2) is 94.6 Å². The van der Waals surface area contributed by atoms with Crippen molar-refractivity contribution in [3.63, 3.8) is 0 Å². The summed E-state index contributed by atoms with van der Waals surface area (Å²) in [7, 11) is 0. The molecule has 10 heteroatoms. The number of benzene rings is 1. The van der Waals surface area contributed by atoms with Crippen LogP contribution < -0.4 is 9.80 Å². The second-order valence-corrected chi connectivity index (χ2v) is 12.8. The Morgan fingerprint density at radius 1 is 0.500 bits per heavy atom. The molecule has 6 saturated heterocycles. The highest BCUT2D eigenvalue weighted by Crippen LogP contribution is 2.38. The van der Waals surface area contributed by atoms with Crippen LogP contribution >= 0.6 is 23.5 Å². The van der Waals surface area contributed by atoms with Crippen molar-refractivity contribution in [2.45, 2.75) is 57.6 Å². The summed E-state index contributed by atoms with van der Waals surface area (Å²) in [6.45, 7) is 9.18. The molecule has 9 rings (SSSR count). The lowest BCUT2D eigenvalue weighted by Gasteiger charge is -2.31. The van der Waals surface area contributed by atoms with Crippen molar-refractivity contribution >= 4 is 35.2 Å². The average Bonchev–Trinajstić information content (AvgIpc) is 3.47. The number of hydrogen-bond donors (Lipinski definition) is 0. The van der Waals surface area contributed by atoms with Crippen LogP contribution in [-0.2, 0) is 0 Å². The Morgan fingerprint density at radius 3 is 1.34 bits per heavy atom. The molecule has 6 aliphatic heterocycles. The topological polar surface area (TPSA) is 64.5 Å². The number of aromatic nitrogens is 4. The molecule has 8 nitrogen and oxygen atoms in total. The number of anilines is 2. The first-order valence-corrected chi connectivity index (χ1v) is 15.5. The summed E-state index contributed by atoms with van der Waals surface area (Å²) >= 11 is 3.32. The lowest BCUT2D eigenvalue weighted by molar-refractivity contribution is 0.250. The molecule has 8 heterocycles. The lowest BCUT2D eigenvalue weighted by atomic mass is 10.1. The molecule has 0 saturated carbocycles. The van der Waals surface area contributed by atoms with Gasteiger partial charge < -0.3 is 19.6 Å². The minimum absolute atomic E-state index is 0.596. The van der Waals surface area contributed by atoms with E-state index in [1.807, 2.05) is 0 Å². The first-order chi connectivity index (χ1) is 18.8. The highest BCUT2D eigenvalue weighted by molar-refractivity contribution is 8.02. The van der Waals surface area contributed by atoms with E-state index in [-0.39, 0.29) is 0 Å². The molecule has 0 unspecified atom stereocenters. The number of rotatable bonds is 6. The van der Waals surface area contributed by atoms with E-state index in [2.05, 4.69) is 88.5 Å². The number of piperidine rings is 2. The van der Waals surface area contributed by atoms with Gasteiger partial charge in [-0.15, -0.1) is 20.4 Å². The van der Waals surface area contributed by atoms with Crippen molar-refractivity contribution in [3.05, 3.63) is 48.5 Å². The van der Waals surface area contributed by atoms with E-state index in [0.29, 0.717) is 12.1 Å². The number of hydrogen-bond acceptors (Lipinski definition) is 10. The Labute approximate surface area is 233 Å². The third-order valence-electron chi connectivity index (χ3n) is 8.43. The fourth-order valence-electron chi connectivity index (χ4n) is 6.26. The van der Waals surface area contributed by atoms with Crippen LogP contribution in [0.25, 0.3) is 0 Å². The Kier molecular flexibility index (Phi) is 7.13. The van der Waals surface area contributed by atoms with Crippen molar-refractivity contribution in [1.29, 1.82) is 0 Å². The van der Waals surface area contributed by atoms with Gasteiger partial charge in [0, 0.05) is 74.2 Å². The summed E-state index contributed by atoms with van der Waals surface area (Å²) in [6.07, 6.45) is 4.90. The van der Waals surface area contributed by atoms with Crippen LogP contribution in [0.5, 0.6) is 0 Å².